The molecule has 8 aliphatic rings. The minimum atomic E-state index is 0.334. The maximum absolute atomic E-state index is 11.1. The number of hydrogen-bond acceptors (Lipinski definition) is 18. The first-order valence-electron chi connectivity index (χ1n) is 52.3. The van der Waals surface area contributed by atoms with Crippen LogP contribution in [0.25, 0.3) is 0 Å². The fourth-order valence-electron chi connectivity index (χ4n) is 13.4. The number of carbonyl (C=O) groups excluding carboxylic acids is 1. The van der Waals surface area contributed by atoms with E-state index in [0.717, 1.165) is 136 Å². The van der Waals surface area contributed by atoms with Crippen molar-refractivity contribution in [2.24, 2.45) is 0 Å². The molecule has 8 fully saturated rings. The van der Waals surface area contributed by atoms with E-state index in [0.29, 0.717) is 11.4 Å². The van der Waals surface area contributed by atoms with Gasteiger partial charge in [-0.3, -0.25) is 24.9 Å². The van der Waals surface area contributed by atoms with Crippen LogP contribution in [0.3, 0.4) is 0 Å². The number of likely N-dealkylation sites (tertiary alicyclic amines) is 6. The molecule has 125 heavy (non-hydrogen) atoms. The summed E-state index contributed by atoms with van der Waals surface area (Å²) in [5.41, 5.74) is 3.02. The van der Waals surface area contributed by atoms with Crippen LogP contribution in [0.2, 0.25) is 0 Å². The molecule has 1 aromatic carbocycles. The molecule has 8 heterocycles. The largest absolute Gasteiger partial charge is 0.370 e. The van der Waals surface area contributed by atoms with Crippen LogP contribution < -0.4 is 58.1 Å². The maximum Gasteiger partial charge on any atom is 0.222 e. The van der Waals surface area contributed by atoms with Crippen molar-refractivity contribution >= 4 is 5.91 Å². The van der Waals surface area contributed by atoms with Crippen molar-refractivity contribution in [2.45, 2.75) is 382 Å². The van der Waals surface area contributed by atoms with Crippen LogP contribution in [0.1, 0.15) is 356 Å². The van der Waals surface area contributed by atoms with Gasteiger partial charge in [-0.2, -0.15) is 0 Å². The standard InChI is InChI=1S/C10H22N2.C8H16N2O.3C8H18N2.C8H17N.C8H11N.C7H10N2.C7H16N2.C6H14N2O.9C3H8/c1-11-8-5-9-12-10-6-3-2-4-7-10;1-9-5-3-7-10-6-2-4-8(10)11;1-9-6-5-8-4-3-7-10(8)2;1-9-5-8-10-6-3-2-4-7-10;1-3-10-6-4-5-8(10)7-9-2;1-8(2,3)9-6-4-5-7-9;1-9-7-8-5-3-2-4-6-8;1-8-6-7-2-4-9-5-3-7;1-8-4-7-9-5-2-3-6-9;1-7-6-8-2-4-9-5-3-8;9*1-3-2/h10-12H,2-9H2,1H3;9H,2-7H2,1H3;8-9H,3-7H2,1-2H3;9H,2-8H2,1H3;8-9H,3-7H2,1-2H3;4-7H2,1-3H3;2-6,9H,7H2,1H3;2-5,8H,6H2,1H3;8H,2-7H2,1H3;7H,2-6H2,1H3;9*3H2,1-2H3/p+1. The smallest absolute Gasteiger partial charge is 0.222 e. The molecule has 7 aliphatic heterocycles. The van der Waals surface area contributed by atoms with E-state index >= 15 is 0 Å². The molecule has 10 rings (SSSR count). The monoisotopic (exact) mass is 1780 g/mol. The normalized spacial score (nSPS) is 17.0. The fraction of sp³-hybridized carbons (Fsp3) is 0.886. The Hall–Kier alpha value is -2.84. The number of benzene rings is 1. The molecule has 2 unspecified atom stereocenters. The molecular weight excluding hydrogens is 1550 g/mol. The second-order valence-electron chi connectivity index (χ2n) is 35.0. The predicted molar refractivity (Wildman–Crippen MR) is 566 cm³/mol. The molecular formula is C105H233N18O2+. The molecule has 754 valence electrons. The summed E-state index contributed by atoms with van der Waals surface area (Å²) in [6, 6.07) is 16.8. The van der Waals surface area contributed by atoms with Crippen LogP contribution in [0, 0.1) is 0 Å². The Balaban J connectivity index is -0.000000166. The Morgan fingerprint density at radius 1 is 0.408 bits per heavy atom. The number of aromatic nitrogens is 1. The number of pyridine rings is 1. The van der Waals surface area contributed by atoms with E-state index in [-0.39, 0.29) is 0 Å². The average Bonchev–Trinajstić information content (AvgIpc) is 1.77. The molecule has 2 atom stereocenters. The Kier molecular flexibility index (Phi) is 136. The van der Waals surface area contributed by atoms with Crippen molar-refractivity contribution in [3.8, 4) is 0 Å². The lowest BCUT2D eigenvalue weighted by Gasteiger charge is -2.31. The van der Waals surface area contributed by atoms with Crippen molar-refractivity contribution in [3.63, 3.8) is 0 Å². The van der Waals surface area contributed by atoms with Gasteiger partial charge in [-0.1, -0.05) is 245 Å². The number of rotatable bonds is 27. The third-order valence-corrected chi connectivity index (χ3v) is 19.5. The summed E-state index contributed by atoms with van der Waals surface area (Å²) >= 11 is 0. The van der Waals surface area contributed by atoms with E-state index in [1.165, 1.54) is 263 Å². The third-order valence-electron chi connectivity index (χ3n) is 19.5. The summed E-state index contributed by atoms with van der Waals surface area (Å²) in [5, 5.41) is 31.9. The molecule has 20 heteroatoms. The number of piperidine rings is 1. The lowest BCUT2D eigenvalue weighted by atomic mass is 9.95. The lowest BCUT2D eigenvalue weighted by Crippen LogP contribution is -3.15. The zero-order valence-corrected chi connectivity index (χ0v) is 90.7. The van der Waals surface area contributed by atoms with Gasteiger partial charge in [0.05, 0.1) is 13.2 Å². The van der Waals surface area contributed by atoms with Gasteiger partial charge in [0.2, 0.25) is 5.91 Å². The van der Waals surface area contributed by atoms with Gasteiger partial charge in [0.15, 0.2) is 0 Å². The first-order valence-corrected chi connectivity index (χ1v) is 52.3. The first kappa shape index (κ1) is 140. The number of quaternary nitrogens is 1. The summed E-state index contributed by atoms with van der Waals surface area (Å²) in [6.07, 6.45) is 42.9. The van der Waals surface area contributed by atoms with Gasteiger partial charge in [-0.15, -0.1) is 0 Å². The number of nitrogens with one attached hydrogen (secondary N) is 11. The number of nitrogens with zero attached hydrogens (tertiary/aromatic N) is 7. The van der Waals surface area contributed by atoms with Gasteiger partial charge in [0, 0.05) is 101 Å². The van der Waals surface area contributed by atoms with Crippen molar-refractivity contribution in [3.05, 3.63) is 66.0 Å². The van der Waals surface area contributed by atoms with E-state index in [2.05, 4.69) is 254 Å². The van der Waals surface area contributed by atoms with Crippen molar-refractivity contribution in [1.82, 2.24) is 87.6 Å². The zero-order chi connectivity index (χ0) is 96.2. The SMILES string of the molecule is CC(C)(C)N1CCCC1.CCC.CCC.CCC.CCC.CCC.CCC.CCC.CCC.CCC.CCN1CCCC1CNC.CNCCC1CCCN1C.CNCCCN1CCCC1=O.CNCCCNC1CCCCC1.CNCCN1CCCC1.CNCCN1CCCCC1.CNC[NH+]1CCOCC1.CNCc1ccccc1.CNCc1ccncc1. The lowest BCUT2D eigenvalue weighted by molar-refractivity contribution is -0.910. The highest BCUT2D eigenvalue weighted by atomic mass is 16.5. The highest BCUT2D eigenvalue weighted by molar-refractivity contribution is 5.78. The van der Waals surface area contributed by atoms with E-state index < -0.39 is 0 Å². The average molecular weight is 1780 g/mol. The predicted octanol–water partition coefficient (Wildman–Crippen LogP) is 19.0. The maximum atomic E-state index is 11.1. The second-order valence-corrected chi connectivity index (χ2v) is 35.0. The van der Waals surface area contributed by atoms with Crippen molar-refractivity contribution in [1.29, 1.82) is 0 Å². The minimum Gasteiger partial charge on any atom is -0.370 e. The zero-order valence-electron chi connectivity index (χ0n) is 90.7. The number of likely N-dealkylation sites (N-methyl/N-ethyl adjacent to an activating group) is 4. The minimum absolute atomic E-state index is 0.334. The van der Waals surface area contributed by atoms with Crippen LogP contribution in [-0.2, 0) is 22.6 Å². The topological polar surface area (TPSA) is 183 Å². The summed E-state index contributed by atoms with van der Waals surface area (Å²) in [4.78, 5) is 31.2. The van der Waals surface area contributed by atoms with E-state index in [9.17, 15) is 4.79 Å². The van der Waals surface area contributed by atoms with Gasteiger partial charge in [-0.25, -0.2) is 0 Å². The van der Waals surface area contributed by atoms with Gasteiger partial charge in [0.25, 0.3) is 0 Å². The number of morpholine rings is 1. The van der Waals surface area contributed by atoms with E-state index in [4.69, 9.17) is 4.74 Å². The van der Waals surface area contributed by atoms with Crippen molar-refractivity contribution in [2.75, 3.05) is 234 Å². The Labute approximate surface area is 785 Å². The molecule has 11 N–H and O–H groups in total. The van der Waals surface area contributed by atoms with Crippen LogP contribution >= 0.6 is 0 Å². The molecule has 7 saturated heterocycles. The molecule has 0 bridgehead atoms. The van der Waals surface area contributed by atoms with Crippen LogP contribution in [-0.4, -0.2) is 298 Å². The fourth-order valence-corrected chi connectivity index (χ4v) is 13.4. The molecule has 2 aromatic rings. The summed E-state index contributed by atoms with van der Waals surface area (Å²) in [5.74, 6) is 0.334. The molecule has 0 spiro atoms. The Morgan fingerprint density at radius 2 is 0.824 bits per heavy atom. The van der Waals surface area contributed by atoms with E-state index in [1.807, 2.05) is 98.7 Å². The highest BCUT2D eigenvalue weighted by Gasteiger charge is 2.25. The van der Waals surface area contributed by atoms with Crippen LogP contribution in [0.4, 0.5) is 0 Å². The summed E-state index contributed by atoms with van der Waals surface area (Å²) in [6.45, 7) is 78.5. The summed E-state index contributed by atoms with van der Waals surface area (Å²) in [7, 11) is 20.1. The number of carbonyl (C=O) groups is 1. The highest BCUT2D eigenvalue weighted by Crippen LogP contribution is 2.21. The quantitative estimate of drug-likeness (QED) is 0.0380. The summed E-state index contributed by atoms with van der Waals surface area (Å²) < 4.78 is 5.20. The van der Waals surface area contributed by atoms with Gasteiger partial charge < -0.3 is 77.1 Å². The van der Waals surface area contributed by atoms with Crippen LogP contribution in [0.5, 0.6) is 0 Å². The number of hydrogen-bond donors (Lipinski definition) is 11. The molecule has 0 radical (unpaired) electrons. The van der Waals surface area contributed by atoms with Gasteiger partial charge in [0.1, 0.15) is 19.8 Å². The second kappa shape index (κ2) is 121. The van der Waals surface area contributed by atoms with Gasteiger partial charge >= 0.3 is 0 Å². The van der Waals surface area contributed by atoms with Crippen LogP contribution in [0.15, 0.2) is 54.9 Å². The number of ether oxygens (including phenoxy) is 1. The Bertz CT molecular complexity index is 2040. The third kappa shape index (κ3) is 112. The van der Waals surface area contributed by atoms with E-state index in [1.54, 1.807) is 17.3 Å². The first-order chi connectivity index (χ1) is 60.5. The Morgan fingerprint density at radius 3 is 1.21 bits per heavy atom. The van der Waals surface area contributed by atoms with Crippen molar-refractivity contribution < 1.29 is 14.4 Å². The molecule has 20 nitrogen and oxygen atoms in total. The van der Waals surface area contributed by atoms with Gasteiger partial charge in [-0.05, 0) is 302 Å². The molecule has 1 amide bonds. The molecule has 1 aromatic heterocycles. The number of amides is 1. The molecule has 1 aliphatic carbocycles. The molecule has 1 saturated carbocycles.